The van der Waals surface area contributed by atoms with Crippen molar-refractivity contribution in [1.82, 2.24) is 10.3 Å². The van der Waals surface area contributed by atoms with E-state index in [0.29, 0.717) is 0 Å². The van der Waals surface area contributed by atoms with E-state index in [1.165, 1.54) is 24.5 Å². The second kappa shape index (κ2) is 5.93. The average Bonchev–Trinajstić information content (AvgIpc) is 2.85. The minimum atomic E-state index is -0.363. The summed E-state index contributed by atoms with van der Waals surface area (Å²) in [5.74, 6) is -0.110. The molecule has 1 aromatic carbocycles. The molecule has 1 N–H and O–H groups in total. The largest absolute Gasteiger partial charge is 0.494 e. The number of ether oxygens (including phenoxy) is 1. The van der Waals surface area contributed by atoms with Gasteiger partial charge in [0.1, 0.15) is 5.01 Å². The van der Waals surface area contributed by atoms with Gasteiger partial charge in [-0.05, 0) is 24.7 Å². The number of thiazole rings is 1. The minimum Gasteiger partial charge on any atom is -0.494 e. The van der Waals surface area contributed by atoms with Gasteiger partial charge >= 0.3 is 0 Å². The zero-order chi connectivity index (χ0) is 13.0. The average molecular weight is 266 g/mol. The monoisotopic (exact) mass is 266 g/mol. The Labute approximate surface area is 110 Å². The number of nitrogens with one attached hydrogen (secondary N) is 1. The van der Waals surface area contributed by atoms with Crippen molar-refractivity contribution in [2.24, 2.45) is 0 Å². The molecule has 0 aliphatic rings. The van der Waals surface area contributed by atoms with E-state index in [9.17, 15) is 4.39 Å². The van der Waals surface area contributed by atoms with Crippen LogP contribution in [0.3, 0.4) is 0 Å². The molecule has 2 rings (SSSR count). The number of halogens is 1. The molecule has 0 aliphatic carbocycles. The summed E-state index contributed by atoms with van der Waals surface area (Å²) in [4.78, 5) is 4.46. The topological polar surface area (TPSA) is 34.1 Å². The second-order valence-corrected chi connectivity index (χ2v) is 4.63. The first-order chi connectivity index (χ1) is 8.74. The fraction of sp³-hybridized carbons (Fsp3) is 0.308. The Balaban J connectivity index is 2.20. The van der Waals surface area contributed by atoms with Gasteiger partial charge in [0, 0.05) is 17.5 Å². The number of rotatable bonds is 5. The third-order valence-electron chi connectivity index (χ3n) is 2.51. The fourth-order valence-electron chi connectivity index (χ4n) is 1.57. The van der Waals surface area contributed by atoms with Gasteiger partial charge in [0.25, 0.3) is 0 Å². The predicted molar refractivity (Wildman–Crippen MR) is 71.4 cm³/mol. The molecule has 0 amide bonds. The molecular weight excluding hydrogens is 251 g/mol. The van der Waals surface area contributed by atoms with Crippen LogP contribution in [0.15, 0.2) is 23.6 Å². The van der Waals surface area contributed by atoms with Gasteiger partial charge in [-0.25, -0.2) is 9.37 Å². The van der Waals surface area contributed by atoms with Crippen molar-refractivity contribution in [3.63, 3.8) is 0 Å². The third-order valence-corrected chi connectivity index (χ3v) is 3.45. The van der Waals surface area contributed by atoms with Gasteiger partial charge in [0.05, 0.1) is 12.8 Å². The maximum atomic E-state index is 13.6. The molecule has 0 unspecified atom stereocenters. The lowest BCUT2D eigenvalue weighted by Crippen LogP contribution is -2.11. The van der Waals surface area contributed by atoms with Crippen LogP contribution in [0.5, 0.6) is 5.75 Å². The molecule has 0 fully saturated rings. The highest BCUT2D eigenvalue weighted by atomic mass is 32.1. The lowest BCUT2D eigenvalue weighted by atomic mass is 10.2. The molecule has 0 saturated heterocycles. The molecule has 1 aromatic heterocycles. The molecule has 1 heterocycles. The van der Waals surface area contributed by atoms with Crippen LogP contribution in [-0.4, -0.2) is 18.6 Å². The SMILES string of the molecule is CCNCc1csc(-c2ccc(OC)c(F)c2)n1. The maximum Gasteiger partial charge on any atom is 0.165 e. The number of methoxy groups -OCH3 is 1. The van der Waals surface area contributed by atoms with Crippen LogP contribution in [0.25, 0.3) is 10.6 Å². The predicted octanol–water partition coefficient (Wildman–Crippen LogP) is 3.07. The molecule has 96 valence electrons. The number of nitrogens with zero attached hydrogens (tertiary/aromatic N) is 1. The Bertz CT molecular complexity index is 527. The Hall–Kier alpha value is -1.46. The van der Waals surface area contributed by atoms with Crippen LogP contribution in [0.1, 0.15) is 12.6 Å². The summed E-state index contributed by atoms with van der Waals surface area (Å²) in [5, 5.41) is 6.02. The zero-order valence-corrected chi connectivity index (χ0v) is 11.2. The Morgan fingerprint density at radius 2 is 2.28 bits per heavy atom. The summed E-state index contributed by atoms with van der Waals surface area (Å²) in [6.45, 7) is 3.70. The van der Waals surface area contributed by atoms with Crippen LogP contribution >= 0.6 is 11.3 Å². The Kier molecular flexibility index (Phi) is 4.28. The van der Waals surface area contributed by atoms with Gasteiger partial charge in [0.2, 0.25) is 0 Å². The van der Waals surface area contributed by atoms with Crippen molar-refractivity contribution in [1.29, 1.82) is 0 Å². The van der Waals surface area contributed by atoms with E-state index in [1.54, 1.807) is 6.07 Å². The summed E-state index contributed by atoms with van der Waals surface area (Å²) in [6.07, 6.45) is 0. The number of hydrogen-bond donors (Lipinski definition) is 1. The van der Waals surface area contributed by atoms with E-state index in [1.807, 2.05) is 18.4 Å². The van der Waals surface area contributed by atoms with Crippen LogP contribution in [0.4, 0.5) is 4.39 Å². The van der Waals surface area contributed by atoms with Crippen molar-refractivity contribution in [3.8, 4) is 16.3 Å². The van der Waals surface area contributed by atoms with Crippen LogP contribution < -0.4 is 10.1 Å². The number of aromatic nitrogens is 1. The standard InChI is InChI=1S/C13H15FN2OS/c1-3-15-7-10-8-18-13(16-10)9-4-5-12(17-2)11(14)6-9/h4-6,8,15H,3,7H2,1-2H3. The van der Waals surface area contributed by atoms with Gasteiger partial charge in [-0.1, -0.05) is 6.92 Å². The van der Waals surface area contributed by atoms with E-state index in [-0.39, 0.29) is 11.6 Å². The summed E-state index contributed by atoms with van der Waals surface area (Å²) < 4.78 is 18.5. The smallest absolute Gasteiger partial charge is 0.165 e. The summed E-state index contributed by atoms with van der Waals surface area (Å²) >= 11 is 1.52. The van der Waals surface area contributed by atoms with Gasteiger partial charge in [-0.2, -0.15) is 0 Å². The first-order valence-corrected chi connectivity index (χ1v) is 6.61. The molecule has 3 nitrogen and oxygen atoms in total. The first-order valence-electron chi connectivity index (χ1n) is 5.73. The molecule has 0 aliphatic heterocycles. The number of hydrogen-bond acceptors (Lipinski definition) is 4. The van der Waals surface area contributed by atoms with Gasteiger partial charge in [0.15, 0.2) is 11.6 Å². The molecule has 5 heteroatoms. The minimum absolute atomic E-state index is 0.253. The molecule has 0 radical (unpaired) electrons. The Morgan fingerprint density at radius 3 is 2.94 bits per heavy atom. The van der Waals surface area contributed by atoms with Crippen molar-refractivity contribution >= 4 is 11.3 Å². The molecule has 0 atom stereocenters. The lowest BCUT2D eigenvalue weighted by Gasteiger charge is -2.02. The van der Waals surface area contributed by atoms with Gasteiger partial charge < -0.3 is 10.1 Å². The van der Waals surface area contributed by atoms with E-state index in [0.717, 1.165) is 29.4 Å². The van der Waals surface area contributed by atoms with E-state index in [4.69, 9.17) is 4.74 Å². The number of benzene rings is 1. The highest BCUT2D eigenvalue weighted by Crippen LogP contribution is 2.27. The van der Waals surface area contributed by atoms with E-state index >= 15 is 0 Å². The zero-order valence-electron chi connectivity index (χ0n) is 10.4. The van der Waals surface area contributed by atoms with E-state index in [2.05, 4.69) is 10.3 Å². The molecule has 2 aromatic rings. The lowest BCUT2D eigenvalue weighted by molar-refractivity contribution is 0.386. The molecule has 0 spiro atoms. The van der Waals surface area contributed by atoms with Crippen molar-refractivity contribution in [3.05, 3.63) is 35.1 Å². The van der Waals surface area contributed by atoms with Crippen LogP contribution in [0, 0.1) is 5.82 Å². The highest BCUT2D eigenvalue weighted by molar-refractivity contribution is 7.13. The van der Waals surface area contributed by atoms with E-state index < -0.39 is 0 Å². The van der Waals surface area contributed by atoms with Gasteiger partial charge in [-0.15, -0.1) is 11.3 Å². The highest BCUT2D eigenvalue weighted by Gasteiger charge is 2.08. The second-order valence-electron chi connectivity index (χ2n) is 3.77. The quantitative estimate of drug-likeness (QED) is 0.903. The third kappa shape index (κ3) is 2.86. The van der Waals surface area contributed by atoms with Gasteiger partial charge in [-0.3, -0.25) is 0 Å². The maximum absolute atomic E-state index is 13.6. The molecular formula is C13H15FN2OS. The van der Waals surface area contributed by atoms with Crippen molar-refractivity contribution in [2.45, 2.75) is 13.5 Å². The molecule has 0 bridgehead atoms. The molecule has 18 heavy (non-hydrogen) atoms. The normalized spacial score (nSPS) is 10.6. The summed E-state index contributed by atoms with van der Waals surface area (Å²) in [6, 6.07) is 4.89. The van der Waals surface area contributed by atoms with Crippen LogP contribution in [0.2, 0.25) is 0 Å². The van der Waals surface area contributed by atoms with Crippen molar-refractivity contribution in [2.75, 3.05) is 13.7 Å². The van der Waals surface area contributed by atoms with Crippen LogP contribution in [-0.2, 0) is 6.54 Å². The Morgan fingerprint density at radius 1 is 1.44 bits per heavy atom. The summed E-state index contributed by atoms with van der Waals surface area (Å²) in [7, 11) is 1.45. The molecule has 0 saturated carbocycles. The summed E-state index contributed by atoms with van der Waals surface area (Å²) in [5.41, 5.74) is 1.76. The van der Waals surface area contributed by atoms with Crippen molar-refractivity contribution < 1.29 is 9.13 Å². The first kappa shape index (κ1) is 13.0. The fourth-order valence-corrected chi connectivity index (χ4v) is 2.39.